The summed E-state index contributed by atoms with van der Waals surface area (Å²) in [5.74, 6) is 5.80. The van der Waals surface area contributed by atoms with Gasteiger partial charge in [0.1, 0.15) is 0 Å². The highest BCUT2D eigenvalue weighted by Crippen LogP contribution is 2.49. The average Bonchev–Trinajstić information content (AvgIpc) is 2.70. The van der Waals surface area contributed by atoms with Crippen LogP contribution in [-0.4, -0.2) is 11.2 Å². The second-order valence-corrected chi connectivity index (χ2v) is 3.64. The summed E-state index contributed by atoms with van der Waals surface area (Å²) in [6.07, 6.45) is 3.94. The van der Waals surface area contributed by atoms with Crippen LogP contribution in [0.15, 0.2) is 0 Å². The lowest BCUT2D eigenvalue weighted by atomic mass is 9.98. The topological polar surface area (TPSA) is 20.2 Å². The van der Waals surface area contributed by atoms with Gasteiger partial charge in [0, 0.05) is 6.42 Å². The molecule has 1 rings (SSSR count). The van der Waals surface area contributed by atoms with Crippen molar-refractivity contribution in [2.45, 2.75) is 45.6 Å². The van der Waals surface area contributed by atoms with E-state index in [1.165, 1.54) is 12.8 Å². The van der Waals surface area contributed by atoms with E-state index in [-0.39, 0.29) is 11.5 Å². The van der Waals surface area contributed by atoms with E-state index in [1.807, 2.05) is 6.92 Å². The molecule has 1 fully saturated rings. The lowest BCUT2D eigenvalue weighted by Gasteiger charge is -2.15. The van der Waals surface area contributed by atoms with E-state index in [0.29, 0.717) is 0 Å². The molecule has 0 aromatic carbocycles. The minimum Gasteiger partial charge on any atom is -0.393 e. The summed E-state index contributed by atoms with van der Waals surface area (Å²) >= 11 is 0. The Hall–Kier alpha value is -0.480. The highest BCUT2D eigenvalue weighted by molar-refractivity contribution is 4.99. The first-order valence-corrected chi connectivity index (χ1v) is 4.27. The van der Waals surface area contributed by atoms with Crippen LogP contribution >= 0.6 is 0 Å². The second kappa shape index (κ2) is 3.28. The molecule has 0 amide bonds. The van der Waals surface area contributed by atoms with Crippen molar-refractivity contribution in [3.63, 3.8) is 0 Å². The van der Waals surface area contributed by atoms with Crippen LogP contribution in [0.3, 0.4) is 0 Å². The average molecular weight is 152 g/mol. The van der Waals surface area contributed by atoms with E-state index in [0.717, 1.165) is 12.8 Å². The van der Waals surface area contributed by atoms with Crippen molar-refractivity contribution < 1.29 is 5.11 Å². The Balaban J connectivity index is 2.19. The number of aliphatic hydroxyl groups excluding tert-OH is 1. The van der Waals surface area contributed by atoms with Crippen molar-refractivity contribution in [2.75, 3.05) is 0 Å². The van der Waals surface area contributed by atoms with E-state index in [2.05, 4.69) is 18.8 Å². The quantitative estimate of drug-likeness (QED) is 0.613. The summed E-state index contributed by atoms with van der Waals surface area (Å²) in [7, 11) is 0. The molecule has 0 saturated heterocycles. The van der Waals surface area contributed by atoms with E-state index in [4.69, 9.17) is 0 Å². The van der Waals surface area contributed by atoms with E-state index >= 15 is 0 Å². The maximum atomic E-state index is 9.61. The zero-order valence-electron chi connectivity index (χ0n) is 7.35. The van der Waals surface area contributed by atoms with Crippen LogP contribution < -0.4 is 0 Å². The third kappa shape index (κ3) is 2.24. The molecule has 1 N–H and O–H groups in total. The standard InChI is InChI=1S/C10H16O/c1-3-4-5-6-9(11)10(2)7-8-10/h9,11H,5-8H2,1-2H3. The maximum Gasteiger partial charge on any atom is 0.0602 e. The lowest BCUT2D eigenvalue weighted by molar-refractivity contribution is 0.0958. The van der Waals surface area contributed by atoms with Crippen LogP contribution in [0.2, 0.25) is 0 Å². The van der Waals surface area contributed by atoms with Gasteiger partial charge in [0.05, 0.1) is 6.10 Å². The fraction of sp³-hybridized carbons (Fsp3) is 0.800. The first-order valence-electron chi connectivity index (χ1n) is 4.27. The molecule has 1 nitrogen and oxygen atoms in total. The fourth-order valence-electron chi connectivity index (χ4n) is 1.21. The van der Waals surface area contributed by atoms with Crippen molar-refractivity contribution in [2.24, 2.45) is 5.41 Å². The van der Waals surface area contributed by atoms with Gasteiger partial charge in [0.2, 0.25) is 0 Å². The van der Waals surface area contributed by atoms with Crippen molar-refractivity contribution in [1.29, 1.82) is 0 Å². The number of hydrogen-bond donors (Lipinski definition) is 1. The van der Waals surface area contributed by atoms with Crippen molar-refractivity contribution in [3.8, 4) is 11.8 Å². The largest absolute Gasteiger partial charge is 0.393 e. The van der Waals surface area contributed by atoms with Crippen LogP contribution in [0.4, 0.5) is 0 Å². The molecule has 1 aliphatic carbocycles. The Morgan fingerprint density at radius 3 is 2.64 bits per heavy atom. The summed E-state index contributed by atoms with van der Waals surface area (Å²) in [6, 6.07) is 0. The van der Waals surface area contributed by atoms with Gasteiger partial charge in [-0.3, -0.25) is 0 Å². The third-order valence-electron chi connectivity index (χ3n) is 2.56. The first kappa shape index (κ1) is 8.62. The van der Waals surface area contributed by atoms with E-state index in [9.17, 15) is 5.11 Å². The molecule has 0 bridgehead atoms. The lowest BCUT2D eigenvalue weighted by Crippen LogP contribution is -2.17. The van der Waals surface area contributed by atoms with E-state index in [1.54, 1.807) is 0 Å². The molecule has 11 heavy (non-hydrogen) atoms. The highest BCUT2D eigenvalue weighted by atomic mass is 16.3. The summed E-state index contributed by atoms with van der Waals surface area (Å²) in [6.45, 7) is 3.99. The summed E-state index contributed by atoms with van der Waals surface area (Å²) in [5.41, 5.74) is 0.245. The van der Waals surface area contributed by atoms with Crippen molar-refractivity contribution in [3.05, 3.63) is 0 Å². The fourth-order valence-corrected chi connectivity index (χ4v) is 1.21. The zero-order chi connectivity index (χ0) is 8.32. The maximum absolute atomic E-state index is 9.61. The summed E-state index contributed by atoms with van der Waals surface area (Å²) in [5, 5.41) is 9.61. The van der Waals surface area contributed by atoms with Gasteiger partial charge in [-0.15, -0.1) is 11.8 Å². The Bertz CT molecular complexity index is 181. The van der Waals surface area contributed by atoms with Crippen LogP contribution in [0.25, 0.3) is 0 Å². The molecule has 0 aromatic heterocycles. The van der Waals surface area contributed by atoms with Crippen LogP contribution in [0.1, 0.15) is 39.5 Å². The van der Waals surface area contributed by atoms with Crippen LogP contribution in [-0.2, 0) is 0 Å². The zero-order valence-corrected chi connectivity index (χ0v) is 7.35. The Kier molecular flexibility index (Phi) is 2.57. The highest BCUT2D eigenvalue weighted by Gasteiger charge is 2.43. The molecule has 62 valence electrons. The SMILES string of the molecule is CC#CCCC(O)C1(C)CC1. The van der Waals surface area contributed by atoms with Gasteiger partial charge in [-0.2, -0.15) is 0 Å². The molecule has 1 atom stereocenters. The number of aliphatic hydroxyl groups is 1. The number of hydrogen-bond acceptors (Lipinski definition) is 1. The number of rotatable bonds is 3. The smallest absolute Gasteiger partial charge is 0.0602 e. The molecule has 0 aromatic rings. The molecule has 1 heteroatoms. The Morgan fingerprint density at radius 2 is 2.18 bits per heavy atom. The Morgan fingerprint density at radius 1 is 1.55 bits per heavy atom. The van der Waals surface area contributed by atoms with E-state index < -0.39 is 0 Å². The third-order valence-corrected chi connectivity index (χ3v) is 2.56. The van der Waals surface area contributed by atoms with Gasteiger partial charge in [0.15, 0.2) is 0 Å². The minimum absolute atomic E-state index is 0.122. The molecule has 1 aliphatic rings. The van der Waals surface area contributed by atoms with Crippen LogP contribution in [0, 0.1) is 17.3 Å². The molecule has 1 saturated carbocycles. The minimum atomic E-state index is -0.122. The van der Waals surface area contributed by atoms with Gasteiger partial charge in [0.25, 0.3) is 0 Å². The molecule has 0 heterocycles. The molecular weight excluding hydrogens is 136 g/mol. The Labute approximate surface area is 68.8 Å². The predicted octanol–water partition coefficient (Wildman–Crippen LogP) is 1.95. The van der Waals surface area contributed by atoms with Gasteiger partial charge >= 0.3 is 0 Å². The predicted molar refractivity (Wildman–Crippen MR) is 46.0 cm³/mol. The molecule has 0 spiro atoms. The monoisotopic (exact) mass is 152 g/mol. The van der Waals surface area contributed by atoms with Gasteiger partial charge < -0.3 is 5.11 Å². The van der Waals surface area contributed by atoms with Crippen molar-refractivity contribution in [1.82, 2.24) is 0 Å². The van der Waals surface area contributed by atoms with Gasteiger partial charge in [-0.05, 0) is 31.6 Å². The molecular formula is C10H16O. The van der Waals surface area contributed by atoms with Gasteiger partial charge in [-0.1, -0.05) is 6.92 Å². The first-order chi connectivity index (χ1) is 5.19. The normalized spacial score (nSPS) is 21.7. The summed E-state index contributed by atoms with van der Waals surface area (Å²) < 4.78 is 0. The van der Waals surface area contributed by atoms with Gasteiger partial charge in [-0.25, -0.2) is 0 Å². The van der Waals surface area contributed by atoms with Crippen LogP contribution in [0.5, 0.6) is 0 Å². The molecule has 1 unspecified atom stereocenters. The summed E-state index contributed by atoms with van der Waals surface area (Å²) in [4.78, 5) is 0. The second-order valence-electron chi connectivity index (χ2n) is 3.64. The van der Waals surface area contributed by atoms with Crippen molar-refractivity contribution >= 4 is 0 Å². The molecule has 0 aliphatic heterocycles. The molecule has 0 radical (unpaired) electrons.